The zero-order chi connectivity index (χ0) is 17.8. The summed E-state index contributed by atoms with van der Waals surface area (Å²) >= 11 is 0. The first-order valence-corrected chi connectivity index (χ1v) is 7.89. The van der Waals surface area contributed by atoms with Gasteiger partial charge in [0.05, 0.1) is 30.2 Å². The van der Waals surface area contributed by atoms with E-state index in [9.17, 15) is 9.90 Å². The van der Waals surface area contributed by atoms with Crippen LogP contribution < -0.4 is 16.4 Å². The molecule has 130 valence electrons. The molecule has 0 atom stereocenters. The highest BCUT2D eigenvalue weighted by Gasteiger charge is 2.19. The number of phenolic OH excluding ortho intramolecular Hbond substituents is 1. The third-order valence-corrected chi connectivity index (χ3v) is 3.66. The van der Waals surface area contributed by atoms with Gasteiger partial charge < -0.3 is 20.9 Å². The Morgan fingerprint density at radius 3 is 2.84 bits per heavy atom. The van der Waals surface area contributed by atoms with E-state index in [1.54, 1.807) is 37.3 Å². The predicted molar refractivity (Wildman–Crippen MR) is 95.6 cm³/mol. The predicted octanol–water partition coefficient (Wildman–Crippen LogP) is 2.36. The van der Waals surface area contributed by atoms with Gasteiger partial charge in [0.1, 0.15) is 17.3 Å². The fourth-order valence-electron chi connectivity index (χ4n) is 2.50. The number of nitrogens with one attached hydrogen (secondary N) is 2. The summed E-state index contributed by atoms with van der Waals surface area (Å²) in [6.45, 7) is 2.69. The Kier molecular flexibility index (Phi) is 4.80. The monoisotopic (exact) mass is 341 g/mol. The van der Waals surface area contributed by atoms with Gasteiger partial charge in [-0.2, -0.15) is 0 Å². The Labute approximate surface area is 144 Å². The number of fused-ring (bicyclic) bond motifs is 1. The molecule has 1 amide bonds. The van der Waals surface area contributed by atoms with Gasteiger partial charge in [0.2, 0.25) is 0 Å². The maximum absolute atomic E-state index is 11.6. The summed E-state index contributed by atoms with van der Waals surface area (Å²) in [5.74, 6) is 0.556. The number of nitrogens with two attached hydrogens (primary N) is 1. The number of ether oxygens (including phenoxy) is 1. The van der Waals surface area contributed by atoms with Gasteiger partial charge in [-0.05, 0) is 36.8 Å². The molecule has 0 spiro atoms. The maximum Gasteiger partial charge on any atom is 0.412 e. The van der Waals surface area contributed by atoms with Gasteiger partial charge in [-0.15, -0.1) is 0 Å². The number of benzene rings is 1. The third kappa shape index (κ3) is 3.69. The first-order chi connectivity index (χ1) is 12.1. The topological polar surface area (TPSA) is 122 Å². The van der Waals surface area contributed by atoms with Gasteiger partial charge >= 0.3 is 6.09 Å². The molecule has 0 fully saturated rings. The molecule has 1 aromatic carbocycles. The van der Waals surface area contributed by atoms with Crippen LogP contribution in [0.25, 0.3) is 0 Å². The first-order valence-electron chi connectivity index (χ1n) is 7.89. The zero-order valence-corrected chi connectivity index (χ0v) is 13.7. The molecule has 1 aliphatic rings. The summed E-state index contributed by atoms with van der Waals surface area (Å²) in [6, 6.07) is 8.52. The molecule has 2 aromatic rings. The lowest BCUT2D eigenvalue weighted by Crippen LogP contribution is -2.21. The first kappa shape index (κ1) is 16.7. The highest BCUT2D eigenvalue weighted by Crippen LogP contribution is 2.34. The van der Waals surface area contributed by atoms with Crippen molar-refractivity contribution >= 4 is 29.0 Å². The Morgan fingerprint density at radius 1 is 1.40 bits per heavy atom. The van der Waals surface area contributed by atoms with Gasteiger partial charge in [-0.25, -0.2) is 14.8 Å². The number of pyridine rings is 1. The number of carbonyl (C=O) groups excluding carboxylic acids is 1. The second kappa shape index (κ2) is 7.18. The Hall–Kier alpha value is -3.13. The van der Waals surface area contributed by atoms with Crippen molar-refractivity contribution in [3.63, 3.8) is 0 Å². The number of amides is 1. The van der Waals surface area contributed by atoms with Gasteiger partial charge in [0, 0.05) is 12.6 Å². The third-order valence-electron chi connectivity index (χ3n) is 3.66. The number of aromatic nitrogens is 1. The highest BCUT2D eigenvalue weighted by atomic mass is 16.5. The van der Waals surface area contributed by atoms with E-state index in [1.807, 2.05) is 0 Å². The number of aliphatic imine (C=N–C) groups is 1. The van der Waals surface area contributed by atoms with Crippen LogP contribution in [-0.2, 0) is 11.3 Å². The molecule has 8 nitrogen and oxygen atoms in total. The van der Waals surface area contributed by atoms with Crippen molar-refractivity contribution in [3.8, 4) is 5.75 Å². The average Bonchev–Trinajstić information content (AvgIpc) is 2.61. The quantitative estimate of drug-likeness (QED) is 0.677. The normalized spacial score (nSPS) is 12.6. The highest BCUT2D eigenvalue weighted by molar-refractivity contribution is 6.07. The molecule has 0 aliphatic carbocycles. The van der Waals surface area contributed by atoms with Gasteiger partial charge in [-0.1, -0.05) is 0 Å². The molecule has 1 aromatic heterocycles. The van der Waals surface area contributed by atoms with Crippen molar-refractivity contribution in [2.24, 2.45) is 10.7 Å². The van der Waals surface area contributed by atoms with E-state index in [0.29, 0.717) is 23.7 Å². The van der Waals surface area contributed by atoms with Crippen LogP contribution >= 0.6 is 0 Å². The summed E-state index contributed by atoms with van der Waals surface area (Å²) in [4.78, 5) is 20.6. The van der Waals surface area contributed by atoms with Crippen LogP contribution in [0.3, 0.4) is 0 Å². The van der Waals surface area contributed by atoms with Crippen molar-refractivity contribution in [2.75, 3.05) is 23.8 Å². The van der Waals surface area contributed by atoms with E-state index in [0.717, 1.165) is 17.0 Å². The zero-order valence-electron chi connectivity index (χ0n) is 13.7. The Bertz CT molecular complexity index is 818. The van der Waals surface area contributed by atoms with Crippen molar-refractivity contribution in [2.45, 2.75) is 13.5 Å². The standard InChI is InChI=1S/C17H19N5O3/c1-2-25-17(24)22-15-7-12-16(13(8-18)20-15)21-14(9-19-12)10-3-5-11(23)6-4-10/h3-7,19,23H,2,8-9,18H2,1H3,(H,20,22,24). The second-order valence-electron chi connectivity index (χ2n) is 5.36. The van der Waals surface area contributed by atoms with Crippen LogP contribution in [0.5, 0.6) is 5.75 Å². The van der Waals surface area contributed by atoms with Crippen LogP contribution in [-0.4, -0.2) is 35.0 Å². The summed E-state index contributed by atoms with van der Waals surface area (Å²) in [5, 5.41) is 15.2. The van der Waals surface area contributed by atoms with Crippen molar-refractivity contribution < 1.29 is 14.6 Å². The molecule has 0 saturated carbocycles. The van der Waals surface area contributed by atoms with E-state index in [1.165, 1.54) is 0 Å². The van der Waals surface area contributed by atoms with Crippen molar-refractivity contribution in [1.82, 2.24) is 4.98 Å². The van der Waals surface area contributed by atoms with Crippen molar-refractivity contribution in [1.29, 1.82) is 0 Å². The lowest BCUT2D eigenvalue weighted by Gasteiger charge is -2.20. The summed E-state index contributed by atoms with van der Waals surface area (Å²) < 4.78 is 4.86. The Balaban J connectivity index is 1.93. The second-order valence-corrected chi connectivity index (χ2v) is 5.36. The fourth-order valence-corrected chi connectivity index (χ4v) is 2.50. The number of aromatic hydroxyl groups is 1. The van der Waals surface area contributed by atoms with Crippen LogP contribution in [0.1, 0.15) is 18.2 Å². The average molecular weight is 341 g/mol. The van der Waals surface area contributed by atoms with Gasteiger partial charge in [0.25, 0.3) is 0 Å². The molecule has 0 bridgehead atoms. The van der Waals surface area contributed by atoms with E-state index in [4.69, 9.17) is 10.5 Å². The lowest BCUT2D eigenvalue weighted by atomic mass is 10.1. The van der Waals surface area contributed by atoms with Crippen LogP contribution in [0, 0.1) is 0 Å². The van der Waals surface area contributed by atoms with Gasteiger partial charge in [-0.3, -0.25) is 5.32 Å². The molecule has 1 aliphatic heterocycles. The van der Waals surface area contributed by atoms with Crippen molar-refractivity contribution in [3.05, 3.63) is 41.6 Å². The smallest absolute Gasteiger partial charge is 0.412 e. The minimum absolute atomic E-state index is 0.175. The molecule has 8 heteroatoms. The minimum Gasteiger partial charge on any atom is -0.508 e. The fraction of sp³-hybridized carbons (Fsp3) is 0.235. The number of phenols is 1. The van der Waals surface area contributed by atoms with E-state index in [-0.39, 0.29) is 18.9 Å². The van der Waals surface area contributed by atoms with E-state index in [2.05, 4.69) is 20.6 Å². The van der Waals surface area contributed by atoms with Crippen LogP contribution in [0.2, 0.25) is 0 Å². The molecular weight excluding hydrogens is 322 g/mol. The molecular formula is C17H19N5O3. The summed E-state index contributed by atoms with van der Waals surface area (Å²) in [5.41, 5.74) is 9.46. The van der Waals surface area contributed by atoms with E-state index >= 15 is 0 Å². The maximum atomic E-state index is 11.6. The molecule has 25 heavy (non-hydrogen) atoms. The molecule has 0 radical (unpaired) electrons. The summed E-state index contributed by atoms with van der Waals surface area (Å²) in [7, 11) is 0. The minimum atomic E-state index is -0.568. The van der Waals surface area contributed by atoms with Crippen LogP contribution in [0.15, 0.2) is 35.3 Å². The molecule has 0 saturated heterocycles. The number of nitrogens with zero attached hydrogens (tertiary/aromatic N) is 2. The SMILES string of the molecule is CCOC(=O)Nc1cc2c(c(CN)n1)N=C(c1ccc(O)cc1)CN2. The number of rotatable bonds is 4. The largest absolute Gasteiger partial charge is 0.508 e. The lowest BCUT2D eigenvalue weighted by molar-refractivity contribution is 0.168. The molecule has 5 N–H and O–H groups in total. The molecule has 3 rings (SSSR count). The molecule has 0 unspecified atom stereocenters. The molecule has 2 heterocycles. The van der Waals surface area contributed by atoms with E-state index < -0.39 is 6.09 Å². The number of anilines is 2. The summed E-state index contributed by atoms with van der Waals surface area (Å²) in [6.07, 6.45) is -0.568. The number of carbonyl (C=O) groups is 1. The Morgan fingerprint density at radius 2 is 2.16 bits per heavy atom. The number of hydrogen-bond acceptors (Lipinski definition) is 7. The van der Waals surface area contributed by atoms with Crippen LogP contribution in [0.4, 0.5) is 22.0 Å². The van der Waals surface area contributed by atoms with Gasteiger partial charge in [0.15, 0.2) is 0 Å². The number of hydrogen-bond donors (Lipinski definition) is 4.